The van der Waals surface area contributed by atoms with E-state index in [-0.39, 0.29) is 5.91 Å². The van der Waals surface area contributed by atoms with Crippen molar-refractivity contribution in [3.8, 4) is 5.75 Å². The molecule has 0 unspecified atom stereocenters. The number of carbonyl (C=O) groups excluding carboxylic acids is 1. The van der Waals surface area contributed by atoms with Crippen LogP contribution in [0.5, 0.6) is 5.75 Å². The van der Waals surface area contributed by atoms with Crippen molar-refractivity contribution in [1.82, 2.24) is 0 Å². The summed E-state index contributed by atoms with van der Waals surface area (Å²) in [5, 5.41) is 6.27. The van der Waals surface area contributed by atoms with Gasteiger partial charge in [-0.15, -0.1) is 0 Å². The van der Waals surface area contributed by atoms with Gasteiger partial charge >= 0.3 is 0 Å². The Morgan fingerprint density at radius 2 is 1.59 bits per heavy atom. The number of hydrogen-bond acceptors (Lipinski definition) is 3. The lowest BCUT2D eigenvalue weighted by Gasteiger charge is -2.13. The molecule has 0 fully saturated rings. The number of halogens is 1. The molecule has 0 saturated heterocycles. The smallest absolute Gasteiger partial charge is 0.259 e. The van der Waals surface area contributed by atoms with Gasteiger partial charge in [-0.05, 0) is 66.9 Å². The second kappa shape index (κ2) is 10.1. The third-order valence-electron chi connectivity index (χ3n) is 4.34. The zero-order valence-electron chi connectivity index (χ0n) is 16.6. The maximum Gasteiger partial charge on any atom is 0.259 e. The molecule has 3 rings (SSSR count). The molecule has 0 aromatic heterocycles. The number of hydrogen-bond donors (Lipinski definition) is 2. The van der Waals surface area contributed by atoms with Gasteiger partial charge in [0.05, 0.1) is 12.2 Å². The van der Waals surface area contributed by atoms with Crippen LogP contribution in [0.25, 0.3) is 0 Å². The highest BCUT2D eigenvalue weighted by Gasteiger charge is 2.14. The molecule has 3 aromatic carbocycles. The lowest BCUT2D eigenvalue weighted by Crippen LogP contribution is -2.14. The van der Waals surface area contributed by atoms with E-state index >= 15 is 0 Å². The topological polar surface area (TPSA) is 50.4 Å². The fraction of sp³-hybridized carbons (Fsp3) is 0.208. The first-order valence-electron chi connectivity index (χ1n) is 9.67. The summed E-state index contributed by atoms with van der Waals surface area (Å²) in [5.41, 5.74) is 3.20. The minimum Gasteiger partial charge on any atom is -0.493 e. The van der Waals surface area contributed by atoms with Crippen LogP contribution in [0, 0.1) is 5.92 Å². The fourth-order valence-corrected chi connectivity index (χ4v) is 3.09. The van der Waals surface area contributed by atoms with Gasteiger partial charge in [0.1, 0.15) is 5.75 Å². The number of para-hydroxylation sites is 1. The lowest BCUT2D eigenvalue weighted by molar-refractivity contribution is 0.102. The summed E-state index contributed by atoms with van der Waals surface area (Å²) in [6.45, 7) is 4.88. The van der Waals surface area contributed by atoms with Crippen LogP contribution in [0.2, 0.25) is 0 Å². The van der Waals surface area contributed by atoms with Crippen molar-refractivity contribution in [3.05, 3.63) is 82.8 Å². The van der Waals surface area contributed by atoms with Crippen LogP contribution < -0.4 is 15.4 Å². The number of amides is 1. The summed E-state index contributed by atoms with van der Waals surface area (Å²) in [7, 11) is 0. The Hall–Kier alpha value is -2.79. The second-order valence-electron chi connectivity index (χ2n) is 7.19. The van der Waals surface area contributed by atoms with Crippen LogP contribution in [0.15, 0.2) is 77.3 Å². The standard InChI is InChI=1S/C24H25BrN2O2/c1-17(2)14-15-29-23-13-8-18(25)16-22(23)24(28)27-21-11-9-20(10-12-21)26-19-6-4-3-5-7-19/h3-13,16-17,26H,14-15H2,1-2H3,(H,27,28). The average molecular weight is 453 g/mol. The van der Waals surface area contributed by atoms with Gasteiger partial charge in [0.2, 0.25) is 0 Å². The zero-order valence-corrected chi connectivity index (χ0v) is 18.2. The van der Waals surface area contributed by atoms with E-state index in [1.165, 1.54) is 0 Å². The maximum atomic E-state index is 12.8. The Balaban J connectivity index is 1.67. The van der Waals surface area contributed by atoms with Crippen molar-refractivity contribution >= 4 is 38.9 Å². The molecule has 1 amide bonds. The van der Waals surface area contributed by atoms with Crippen LogP contribution in [-0.4, -0.2) is 12.5 Å². The first-order valence-corrected chi connectivity index (χ1v) is 10.5. The predicted molar refractivity (Wildman–Crippen MR) is 123 cm³/mol. The van der Waals surface area contributed by atoms with Gasteiger partial charge in [-0.1, -0.05) is 48.0 Å². The molecule has 2 N–H and O–H groups in total. The summed E-state index contributed by atoms with van der Waals surface area (Å²) >= 11 is 3.44. The van der Waals surface area contributed by atoms with Crippen molar-refractivity contribution in [2.24, 2.45) is 5.92 Å². The van der Waals surface area contributed by atoms with Crippen LogP contribution >= 0.6 is 15.9 Å². The molecule has 5 heteroatoms. The molecule has 0 aliphatic heterocycles. The number of rotatable bonds is 8. The van der Waals surface area contributed by atoms with E-state index in [4.69, 9.17) is 4.74 Å². The van der Waals surface area contributed by atoms with Crippen molar-refractivity contribution in [3.63, 3.8) is 0 Å². The lowest BCUT2D eigenvalue weighted by atomic mass is 10.1. The second-order valence-corrected chi connectivity index (χ2v) is 8.11. The summed E-state index contributed by atoms with van der Waals surface area (Å²) in [5.74, 6) is 0.939. The van der Waals surface area contributed by atoms with E-state index in [0.29, 0.717) is 23.8 Å². The highest BCUT2D eigenvalue weighted by molar-refractivity contribution is 9.10. The summed E-state index contributed by atoms with van der Waals surface area (Å²) in [6, 6.07) is 23.1. The molecule has 0 heterocycles. The monoisotopic (exact) mass is 452 g/mol. The zero-order chi connectivity index (χ0) is 20.6. The molecule has 0 aliphatic carbocycles. The average Bonchev–Trinajstić information content (AvgIpc) is 2.71. The molecule has 0 atom stereocenters. The van der Waals surface area contributed by atoms with Gasteiger partial charge in [0.25, 0.3) is 5.91 Å². The van der Waals surface area contributed by atoms with Crippen molar-refractivity contribution in [2.75, 3.05) is 17.2 Å². The Labute approximate surface area is 180 Å². The summed E-state index contributed by atoms with van der Waals surface area (Å²) in [4.78, 5) is 12.8. The number of ether oxygens (including phenoxy) is 1. The van der Waals surface area contributed by atoms with Gasteiger partial charge in [-0.3, -0.25) is 4.79 Å². The van der Waals surface area contributed by atoms with Crippen molar-refractivity contribution < 1.29 is 9.53 Å². The molecule has 29 heavy (non-hydrogen) atoms. The molecular weight excluding hydrogens is 428 g/mol. The minimum atomic E-state index is -0.199. The Bertz CT molecular complexity index is 941. The van der Waals surface area contributed by atoms with Gasteiger partial charge in [-0.25, -0.2) is 0 Å². The normalized spacial score (nSPS) is 10.6. The molecule has 150 valence electrons. The number of anilines is 3. The third kappa shape index (κ3) is 6.36. The highest BCUT2D eigenvalue weighted by Crippen LogP contribution is 2.25. The summed E-state index contributed by atoms with van der Waals surface area (Å²) in [6.07, 6.45) is 0.937. The van der Waals surface area contributed by atoms with Crippen LogP contribution in [0.3, 0.4) is 0 Å². The number of carbonyl (C=O) groups is 1. The predicted octanol–water partition coefficient (Wildman–Crippen LogP) is 6.87. The van der Waals surface area contributed by atoms with Gasteiger partial charge < -0.3 is 15.4 Å². The maximum absolute atomic E-state index is 12.8. The third-order valence-corrected chi connectivity index (χ3v) is 4.84. The molecule has 0 saturated carbocycles. The van der Waals surface area contributed by atoms with Gasteiger partial charge in [0, 0.05) is 21.5 Å². The Morgan fingerprint density at radius 3 is 2.28 bits per heavy atom. The number of nitrogens with one attached hydrogen (secondary N) is 2. The molecule has 0 bridgehead atoms. The molecule has 0 aliphatic rings. The number of benzene rings is 3. The largest absolute Gasteiger partial charge is 0.493 e. The Kier molecular flexibility index (Phi) is 7.30. The highest BCUT2D eigenvalue weighted by atomic mass is 79.9. The fourth-order valence-electron chi connectivity index (χ4n) is 2.73. The summed E-state index contributed by atoms with van der Waals surface area (Å²) < 4.78 is 6.69. The minimum absolute atomic E-state index is 0.199. The first kappa shape index (κ1) is 20.9. The van der Waals surface area contributed by atoms with Crippen molar-refractivity contribution in [1.29, 1.82) is 0 Å². The SMILES string of the molecule is CC(C)CCOc1ccc(Br)cc1C(=O)Nc1ccc(Nc2ccccc2)cc1. The quantitative estimate of drug-likeness (QED) is 0.391. The molecule has 0 spiro atoms. The molecular formula is C24H25BrN2O2. The van der Waals surface area contributed by atoms with E-state index in [1.807, 2.05) is 66.7 Å². The first-order chi connectivity index (χ1) is 14.0. The molecule has 4 nitrogen and oxygen atoms in total. The van der Waals surface area contributed by atoms with Crippen LogP contribution in [0.4, 0.5) is 17.1 Å². The van der Waals surface area contributed by atoms with Gasteiger partial charge in [-0.2, -0.15) is 0 Å². The van der Waals surface area contributed by atoms with E-state index in [9.17, 15) is 4.79 Å². The van der Waals surface area contributed by atoms with Crippen molar-refractivity contribution in [2.45, 2.75) is 20.3 Å². The van der Waals surface area contributed by atoms with E-state index in [2.05, 4.69) is 40.4 Å². The van der Waals surface area contributed by atoms with Crippen LogP contribution in [0.1, 0.15) is 30.6 Å². The molecule has 3 aromatic rings. The van der Waals surface area contributed by atoms with E-state index in [0.717, 1.165) is 28.0 Å². The van der Waals surface area contributed by atoms with E-state index in [1.54, 1.807) is 6.07 Å². The molecule has 0 radical (unpaired) electrons. The van der Waals surface area contributed by atoms with Gasteiger partial charge in [0.15, 0.2) is 0 Å². The van der Waals surface area contributed by atoms with Crippen LogP contribution in [-0.2, 0) is 0 Å². The van der Waals surface area contributed by atoms with E-state index < -0.39 is 0 Å². The Morgan fingerprint density at radius 1 is 0.931 bits per heavy atom.